The molecule has 246 valence electrons. The van der Waals surface area contributed by atoms with Gasteiger partial charge < -0.3 is 9.84 Å². The average molecular weight is 712 g/mol. The first-order valence-corrected chi connectivity index (χ1v) is 16.2. The standard InChI is InChI=1S/C35H26Cl3FN2O7/c1-16(42)17-3-7-20(8-4-17)40-30(44)23-12-11-22-24(27(23)31(40)45)15-34(37)32(46)41(21-9-5-19(39)6-10-21)33(47)35(34,38)28(22)18-13-25(36)29(43)26(14-18)48-2/h3-11,13-14,23-24,27-28,43H,12,15H2,1-2H3/t23-,24+,27-,28-,34+,35-/m0/s1. The summed E-state index contributed by atoms with van der Waals surface area (Å²) in [7, 11) is 1.31. The molecule has 2 heterocycles. The van der Waals surface area contributed by atoms with Crippen molar-refractivity contribution in [1.29, 1.82) is 0 Å². The summed E-state index contributed by atoms with van der Waals surface area (Å²) in [6, 6.07) is 13.7. The maximum Gasteiger partial charge on any atom is 0.258 e. The molecule has 0 radical (unpaired) electrons. The van der Waals surface area contributed by atoms with Gasteiger partial charge in [-0.2, -0.15) is 0 Å². The molecule has 3 aromatic rings. The summed E-state index contributed by atoms with van der Waals surface area (Å²) in [5.74, 6) is -7.66. The van der Waals surface area contributed by atoms with Gasteiger partial charge in [0.25, 0.3) is 11.8 Å². The Balaban J connectivity index is 1.39. The number of hydrogen-bond donors (Lipinski definition) is 1. The van der Waals surface area contributed by atoms with Crippen molar-refractivity contribution in [3.63, 3.8) is 0 Å². The molecule has 2 aliphatic heterocycles. The van der Waals surface area contributed by atoms with E-state index in [0.717, 1.165) is 21.9 Å². The Hall–Kier alpha value is -4.25. The highest BCUT2D eigenvalue weighted by Crippen LogP contribution is 2.66. The minimum Gasteiger partial charge on any atom is -0.503 e. The molecule has 13 heteroatoms. The van der Waals surface area contributed by atoms with Gasteiger partial charge in [0.1, 0.15) is 5.82 Å². The summed E-state index contributed by atoms with van der Waals surface area (Å²) in [5.41, 5.74) is 1.52. The molecular weight excluding hydrogens is 686 g/mol. The van der Waals surface area contributed by atoms with Crippen molar-refractivity contribution in [2.24, 2.45) is 17.8 Å². The van der Waals surface area contributed by atoms with Gasteiger partial charge in [0.15, 0.2) is 27.0 Å². The van der Waals surface area contributed by atoms with Gasteiger partial charge in [0.05, 0.1) is 35.3 Å². The Morgan fingerprint density at radius 3 is 2.17 bits per heavy atom. The lowest BCUT2D eigenvalue weighted by molar-refractivity contribution is -0.125. The number of amides is 4. The van der Waals surface area contributed by atoms with Gasteiger partial charge in [0.2, 0.25) is 11.8 Å². The largest absolute Gasteiger partial charge is 0.503 e. The monoisotopic (exact) mass is 710 g/mol. The first-order valence-electron chi connectivity index (χ1n) is 15.0. The van der Waals surface area contributed by atoms with Gasteiger partial charge in [-0.05, 0) is 91.9 Å². The Morgan fingerprint density at radius 2 is 1.54 bits per heavy atom. The molecule has 7 rings (SSSR count). The molecule has 48 heavy (non-hydrogen) atoms. The highest BCUT2D eigenvalue weighted by atomic mass is 35.5. The third-order valence-corrected chi connectivity index (χ3v) is 11.7. The number of nitrogens with zero attached hydrogens (tertiary/aromatic N) is 2. The van der Waals surface area contributed by atoms with Gasteiger partial charge in [0, 0.05) is 11.5 Å². The third-order valence-electron chi connectivity index (χ3n) is 10.0. The predicted molar refractivity (Wildman–Crippen MR) is 175 cm³/mol. The molecule has 1 N–H and O–H groups in total. The Kier molecular flexibility index (Phi) is 7.50. The molecule has 0 unspecified atom stereocenters. The maximum atomic E-state index is 14.5. The van der Waals surface area contributed by atoms with Crippen molar-refractivity contribution in [2.45, 2.75) is 35.4 Å². The number of fused-ring (bicyclic) bond motifs is 4. The second-order valence-corrected chi connectivity index (χ2v) is 14.1. The number of halogens is 4. The zero-order valence-corrected chi connectivity index (χ0v) is 27.6. The molecule has 3 fully saturated rings. The number of hydrogen-bond acceptors (Lipinski definition) is 7. The third kappa shape index (κ3) is 4.32. The highest BCUT2D eigenvalue weighted by Gasteiger charge is 2.76. The van der Waals surface area contributed by atoms with Gasteiger partial charge >= 0.3 is 0 Å². The number of carbonyl (C=O) groups excluding carboxylic acids is 5. The Labute approximate surface area is 288 Å². The van der Waals surface area contributed by atoms with Crippen molar-refractivity contribution in [1.82, 2.24) is 0 Å². The minimum absolute atomic E-state index is 0.0335. The fourth-order valence-electron chi connectivity index (χ4n) is 7.79. The van der Waals surface area contributed by atoms with Crippen molar-refractivity contribution < 1.29 is 38.2 Å². The minimum atomic E-state index is -2.19. The zero-order chi connectivity index (χ0) is 34.4. The number of phenols is 1. The lowest BCUT2D eigenvalue weighted by Crippen LogP contribution is -2.60. The van der Waals surface area contributed by atoms with Crippen LogP contribution in [0.5, 0.6) is 11.5 Å². The first-order chi connectivity index (χ1) is 22.7. The summed E-state index contributed by atoms with van der Waals surface area (Å²) in [5, 5.41) is 10.4. The number of aromatic hydroxyl groups is 1. The lowest BCUT2D eigenvalue weighted by atomic mass is 9.56. The lowest BCUT2D eigenvalue weighted by Gasteiger charge is -2.50. The van der Waals surface area contributed by atoms with E-state index in [4.69, 9.17) is 39.5 Å². The number of Topliss-reactive ketones (excluding diaryl/α,β-unsaturated/α-hetero) is 1. The summed E-state index contributed by atoms with van der Waals surface area (Å²) < 4.78 is 19.2. The van der Waals surface area contributed by atoms with Gasteiger partial charge in [-0.25, -0.2) is 9.29 Å². The molecule has 0 bridgehead atoms. The van der Waals surface area contributed by atoms with E-state index in [2.05, 4.69) is 0 Å². The number of ether oxygens (including phenoxy) is 1. The van der Waals surface area contributed by atoms with Crippen molar-refractivity contribution >= 4 is 75.6 Å². The Bertz CT molecular complexity index is 1980. The summed E-state index contributed by atoms with van der Waals surface area (Å²) in [4.78, 5) is 66.4. The molecular formula is C35H26Cl3FN2O7. The van der Waals surface area contributed by atoms with Crippen LogP contribution in [-0.4, -0.2) is 51.4 Å². The number of ketones is 1. The van der Waals surface area contributed by atoms with Crippen LogP contribution in [-0.2, 0) is 19.2 Å². The van der Waals surface area contributed by atoms with Crippen molar-refractivity contribution in [2.75, 3.05) is 16.9 Å². The topological polar surface area (TPSA) is 121 Å². The van der Waals surface area contributed by atoms with E-state index in [-0.39, 0.29) is 52.1 Å². The second kappa shape index (κ2) is 11.1. The molecule has 0 aromatic heterocycles. The SMILES string of the molecule is COc1cc([C@H]2C3=CC[C@@H]4C(=O)N(c5ccc(C(C)=O)cc5)C(=O)[C@@H]4[C@@H]3C[C@@]3(Cl)C(=O)N(c4ccc(F)cc4)C(=O)[C@@]23Cl)cc(Cl)c1O. The number of imide groups is 2. The maximum absolute atomic E-state index is 14.5. The van der Waals surface area contributed by atoms with Crippen LogP contribution in [0.25, 0.3) is 0 Å². The fourth-order valence-corrected chi connectivity index (χ4v) is 8.94. The quantitative estimate of drug-likeness (QED) is 0.146. The van der Waals surface area contributed by atoms with Crippen LogP contribution in [0.2, 0.25) is 5.02 Å². The van der Waals surface area contributed by atoms with Crippen LogP contribution in [0, 0.1) is 23.6 Å². The summed E-state index contributed by atoms with van der Waals surface area (Å²) in [6.45, 7) is 1.41. The first kappa shape index (κ1) is 32.3. The number of phenolic OH excluding ortho intramolecular Hbond substituents is 1. The Morgan fingerprint density at radius 1 is 0.917 bits per heavy atom. The molecule has 4 aliphatic rings. The van der Waals surface area contributed by atoms with Crippen molar-refractivity contribution in [3.05, 3.63) is 94.3 Å². The van der Waals surface area contributed by atoms with Gasteiger partial charge in [-0.1, -0.05) is 23.3 Å². The van der Waals surface area contributed by atoms with E-state index >= 15 is 0 Å². The van der Waals surface area contributed by atoms with E-state index < -0.39 is 62.9 Å². The number of alkyl halides is 2. The van der Waals surface area contributed by atoms with Crippen molar-refractivity contribution in [3.8, 4) is 11.5 Å². The molecule has 6 atom stereocenters. The van der Waals surface area contributed by atoms with E-state index in [1.807, 2.05) is 0 Å². The summed E-state index contributed by atoms with van der Waals surface area (Å²) >= 11 is 21.2. The van der Waals surface area contributed by atoms with Crippen LogP contribution >= 0.6 is 34.8 Å². The fraction of sp³-hybridized carbons (Fsp3) is 0.286. The number of rotatable bonds is 5. The van der Waals surface area contributed by atoms with Crippen LogP contribution in [0.15, 0.2) is 72.3 Å². The van der Waals surface area contributed by atoms with Gasteiger partial charge in [-0.3, -0.25) is 28.9 Å². The highest BCUT2D eigenvalue weighted by molar-refractivity contribution is 6.58. The second-order valence-electron chi connectivity index (χ2n) is 12.4. The predicted octanol–water partition coefficient (Wildman–Crippen LogP) is 6.16. The normalized spacial score (nSPS) is 29.4. The van der Waals surface area contributed by atoms with E-state index in [1.54, 1.807) is 6.08 Å². The molecule has 3 aromatic carbocycles. The molecule has 2 aliphatic carbocycles. The van der Waals surface area contributed by atoms with Gasteiger partial charge in [-0.15, -0.1) is 23.2 Å². The number of allylic oxidation sites excluding steroid dienone is 2. The van der Waals surface area contributed by atoms with Crippen LogP contribution in [0.3, 0.4) is 0 Å². The molecule has 4 amide bonds. The number of methoxy groups -OCH3 is 1. The van der Waals surface area contributed by atoms with E-state index in [9.17, 15) is 33.5 Å². The number of carbonyl (C=O) groups is 5. The van der Waals surface area contributed by atoms with Crippen LogP contribution in [0.1, 0.15) is 41.6 Å². The average Bonchev–Trinajstić information content (AvgIpc) is 3.40. The van der Waals surface area contributed by atoms with Crippen LogP contribution in [0.4, 0.5) is 15.8 Å². The van der Waals surface area contributed by atoms with Crippen LogP contribution < -0.4 is 14.5 Å². The summed E-state index contributed by atoms with van der Waals surface area (Å²) in [6.07, 6.45) is 1.60. The zero-order valence-electron chi connectivity index (χ0n) is 25.4. The number of anilines is 2. The number of benzene rings is 3. The molecule has 1 saturated carbocycles. The van der Waals surface area contributed by atoms with E-state index in [0.29, 0.717) is 11.1 Å². The molecule has 2 saturated heterocycles. The molecule has 0 spiro atoms. The smallest absolute Gasteiger partial charge is 0.258 e. The van der Waals surface area contributed by atoms with E-state index in [1.165, 1.54) is 62.6 Å². The molecule has 9 nitrogen and oxygen atoms in total.